The number of nitrogens with one attached hydrogen (secondary N) is 1. The van der Waals surface area contributed by atoms with Crippen molar-refractivity contribution >= 4 is 23.3 Å². The normalized spacial score (nSPS) is 13.1. The summed E-state index contributed by atoms with van der Waals surface area (Å²) >= 11 is 5.39. The molecule has 4 nitrogen and oxygen atoms in total. The number of halogens is 4. The Hall–Kier alpha value is -2.02. The van der Waals surface area contributed by atoms with E-state index in [9.17, 15) is 18.0 Å². The van der Waals surface area contributed by atoms with Gasteiger partial charge >= 0.3 is 6.18 Å². The predicted molar refractivity (Wildman–Crippen MR) is 128 cm³/mol. The number of Topliss-reactive ketones (excluding diaryl/α,β-unsaturated/α-hetero) is 1. The second-order valence-electron chi connectivity index (χ2n) is 8.37. The molecule has 33 heavy (non-hydrogen) atoms. The summed E-state index contributed by atoms with van der Waals surface area (Å²) in [5.74, 6) is 1.87. The summed E-state index contributed by atoms with van der Waals surface area (Å²) in [5, 5.41) is 7.06. The number of aromatic nitrogens is 1. The van der Waals surface area contributed by atoms with E-state index < -0.39 is 16.8 Å². The molecule has 0 amide bonds. The van der Waals surface area contributed by atoms with Crippen LogP contribution in [0.15, 0.2) is 28.8 Å². The highest BCUT2D eigenvalue weighted by Gasteiger charge is 2.33. The first-order chi connectivity index (χ1) is 15.5. The van der Waals surface area contributed by atoms with Crippen molar-refractivity contribution in [1.82, 2.24) is 5.16 Å². The van der Waals surface area contributed by atoms with E-state index in [4.69, 9.17) is 16.1 Å². The maximum absolute atomic E-state index is 12.2. The molecule has 2 aromatic rings. The van der Waals surface area contributed by atoms with Gasteiger partial charge in [0.25, 0.3) is 0 Å². The summed E-state index contributed by atoms with van der Waals surface area (Å²) in [6, 6.07) is 5.02. The minimum Gasteiger partial charge on any atom is -0.354 e. The van der Waals surface area contributed by atoms with Gasteiger partial charge in [0.15, 0.2) is 5.78 Å². The summed E-state index contributed by atoms with van der Waals surface area (Å²) < 4.78 is 42.0. The van der Waals surface area contributed by atoms with Gasteiger partial charge in [-0.05, 0) is 44.2 Å². The van der Waals surface area contributed by atoms with E-state index in [1.54, 1.807) is 0 Å². The molecule has 0 bridgehead atoms. The molecule has 0 spiro atoms. The highest BCUT2D eigenvalue weighted by molar-refractivity contribution is 6.31. The second kappa shape index (κ2) is 14.3. The van der Waals surface area contributed by atoms with E-state index in [0.29, 0.717) is 5.92 Å². The van der Waals surface area contributed by atoms with Gasteiger partial charge in [-0.3, -0.25) is 4.79 Å². The fraction of sp³-hybridized carbons (Fsp3) is 0.600. The minimum absolute atomic E-state index is 0.169. The Balaban J connectivity index is 0.000000346. The Labute approximate surface area is 200 Å². The molecule has 1 heterocycles. The molecule has 186 valence electrons. The highest BCUT2D eigenvalue weighted by atomic mass is 35.5. The molecule has 0 aliphatic carbocycles. The van der Waals surface area contributed by atoms with Crippen LogP contribution in [0.5, 0.6) is 0 Å². The number of alkyl halides is 3. The van der Waals surface area contributed by atoms with Crippen LogP contribution in [0.4, 0.5) is 19.1 Å². The smallest absolute Gasteiger partial charge is 0.354 e. The molecule has 0 saturated heterocycles. The van der Waals surface area contributed by atoms with Gasteiger partial charge in [-0.15, -0.1) is 0 Å². The third kappa shape index (κ3) is 10.2. The number of ketones is 1. The van der Waals surface area contributed by atoms with Crippen molar-refractivity contribution < 1.29 is 22.5 Å². The van der Waals surface area contributed by atoms with Gasteiger partial charge in [-0.25, -0.2) is 0 Å². The van der Waals surface area contributed by atoms with Gasteiger partial charge in [-0.2, -0.15) is 13.2 Å². The molecule has 2 unspecified atom stereocenters. The van der Waals surface area contributed by atoms with E-state index >= 15 is 0 Å². The molecule has 0 fully saturated rings. The number of nitrogens with zero attached hydrogens (tertiary/aromatic N) is 1. The van der Waals surface area contributed by atoms with Crippen molar-refractivity contribution in [1.29, 1.82) is 0 Å². The van der Waals surface area contributed by atoms with Crippen molar-refractivity contribution in [3.63, 3.8) is 0 Å². The zero-order valence-electron chi connectivity index (χ0n) is 20.2. The standard InChI is InChI=1S/C16H30N2O.C9H6ClF3O/c1-5-8-14(10-9-13(4)7-3)15-12-16(19-18-15)17-11-6-2;1-5(14)6-2-3-7(8(10)4-6)9(11,12)13/h12-14,17H,5-11H2,1-4H3;2-4H,1H3. The van der Waals surface area contributed by atoms with Crippen LogP contribution in [0, 0.1) is 5.92 Å². The van der Waals surface area contributed by atoms with Crippen LogP contribution in [0.2, 0.25) is 5.02 Å². The summed E-state index contributed by atoms with van der Waals surface area (Å²) in [4.78, 5) is 10.8. The lowest BCUT2D eigenvalue weighted by Crippen LogP contribution is -2.06. The van der Waals surface area contributed by atoms with E-state index in [1.165, 1.54) is 39.0 Å². The lowest BCUT2D eigenvalue weighted by atomic mass is 9.90. The first kappa shape index (κ1) is 29.0. The van der Waals surface area contributed by atoms with Crippen molar-refractivity contribution in [2.75, 3.05) is 11.9 Å². The fourth-order valence-corrected chi connectivity index (χ4v) is 3.54. The van der Waals surface area contributed by atoms with Gasteiger partial charge in [0, 0.05) is 24.1 Å². The van der Waals surface area contributed by atoms with Crippen LogP contribution in [0.3, 0.4) is 0 Å². The topological polar surface area (TPSA) is 55.1 Å². The van der Waals surface area contributed by atoms with Gasteiger partial charge < -0.3 is 9.84 Å². The molecule has 0 radical (unpaired) electrons. The molecule has 8 heteroatoms. The second-order valence-corrected chi connectivity index (χ2v) is 8.77. The van der Waals surface area contributed by atoms with Crippen molar-refractivity contribution in [3.05, 3.63) is 46.1 Å². The molecular formula is C25H36ClF3N2O2. The maximum Gasteiger partial charge on any atom is 0.417 e. The highest BCUT2D eigenvalue weighted by Crippen LogP contribution is 2.35. The summed E-state index contributed by atoms with van der Waals surface area (Å²) in [5.41, 5.74) is 0.371. The number of anilines is 1. The number of carbonyl (C=O) groups is 1. The molecule has 2 atom stereocenters. The van der Waals surface area contributed by atoms with Crippen LogP contribution >= 0.6 is 11.6 Å². The molecular weight excluding hydrogens is 453 g/mol. The Morgan fingerprint density at radius 2 is 1.82 bits per heavy atom. The number of hydrogen-bond donors (Lipinski definition) is 1. The maximum atomic E-state index is 12.2. The average Bonchev–Trinajstić information content (AvgIpc) is 3.23. The molecule has 1 aromatic heterocycles. The lowest BCUT2D eigenvalue weighted by Gasteiger charge is -2.15. The Kier molecular flexibility index (Phi) is 12.6. The molecule has 1 aromatic carbocycles. The van der Waals surface area contributed by atoms with Crippen molar-refractivity contribution in [3.8, 4) is 0 Å². The number of benzene rings is 1. The minimum atomic E-state index is -4.48. The number of rotatable bonds is 11. The third-order valence-electron chi connectivity index (χ3n) is 5.52. The molecule has 0 aliphatic heterocycles. The quantitative estimate of drug-likeness (QED) is 0.321. The van der Waals surface area contributed by atoms with E-state index in [0.717, 1.165) is 48.7 Å². The third-order valence-corrected chi connectivity index (χ3v) is 5.83. The van der Waals surface area contributed by atoms with E-state index in [2.05, 4.69) is 44.2 Å². The van der Waals surface area contributed by atoms with Crippen LogP contribution in [0.25, 0.3) is 0 Å². The van der Waals surface area contributed by atoms with Gasteiger partial charge in [-0.1, -0.05) is 69.8 Å². The molecule has 2 rings (SSSR count). The molecule has 0 saturated carbocycles. The summed E-state index contributed by atoms with van der Waals surface area (Å²) in [6.07, 6.45) is 2.80. The number of carbonyl (C=O) groups excluding carboxylic acids is 1. The van der Waals surface area contributed by atoms with E-state index in [1.807, 2.05) is 0 Å². The monoisotopic (exact) mass is 488 g/mol. The van der Waals surface area contributed by atoms with Crippen molar-refractivity contribution in [2.45, 2.75) is 85.2 Å². The molecule has 1 N–H and O–H groups in total. The van der Waals surface area contributed by atoms with Crippen LogP contribution in [-0.2, 0) is 6.18 Å². The summed E-state index contributed by atoms with van der Waals surface area (Å²) in [6.45, 7) is 11.2. The molecule has 0 aliphatic rings. The fourth-order valence-electron chi connectivity index (χ4n) is 3.26. The van der Waals surface area contributed by atoms with Gasteiger partial charge in [0.2, 0.25) is 5.88 Å². The van der Waals surface area contributed by atoms with Crippen LogP contribution in [-0.4, -0.2) is 17.5 Å². The van der Waals surface area contributed by atoms with Crippen LogP contribution in [0.1, 0.15) is 101 Å². The predicted octanol–water partition coefficient (Wildman–Crippen LogP) is 8.77. The van der Waals surface area contributed by atoms with Gasteiger partial charge in [0.05, 0.1) is 16.3 Å². The Morgan fingerprint density at radius 3 is 2.33 bits per heavy atom. The van der Waals surface area contributed by atoms with E-state index in [-0.39, 0.29) is 11.3 Å². The zero-order valence-corrected chi connectivity index (χ0v) is 20.9. The largest absolute Gasteiger partial charge is 0.417 e. The zero-order chi connectivity index (χ0) is 25.0. The first-order valence-electron chi connectivity index (χ1n) is 11.6. The SMILES string of the molecule is CC(=O)c1ccc(C(F)(F)F)c(Cl)c1.CCCNc1cc(C(CCC)CCC(C)CC)no1. The van der Waals surface area contributed by atoms with Crippen molar-refractivity contribution in [2.24, 2.45) is 5.92 Å². The summed E-state index contributed by atoms with van der Waals surface area (Å²) in [7, 11) is 0. The number of hydrogen-bond acceptors (Lipinski definition) is 4. The average molecular weight is 489 g/mol. The lowest BCUT2D eigenvalue weighted by molar-refractivity contribution is -0.137. The first-order valence-corrected chi connectivity index (χ1v) is 12.0. The Bertz CT molecular complexity index is 852. The van der Waals surface area contributed by atoms with Crippen LogP contribution < -0.4 is 5.32 Å². The van der Waals surface area contributed by atoms with Gasteiger partial charge in [0.1, 0.15) is 0 Å². The Morgan fingerprint density at radius 1 is 1.12 bits per heavy atom.